The SMILES string of the molecule is C[C@@H]1Cc2ccc(CO[Si](C)(C)C(C)(C)C)c(C=O)c2[C@H](C)C1. The summed E-state index contributed by atoms with van der Waals surface area (Å²) in [6.45, 7) is 16.4. The molecule has 0 N–H and O–H groups in total. The van der Waals surface area contributed by atoms with Crippen molar-refractivity contribution in [1.82, 2.24) is 0 Å². The maximum atomic E-state index is 11.8. The van der Waals surface area contributed by atoms with Gasteiger partial charge in [-0.25, -0.2) is 0 Å². The molecule has 0 radical (unpaired) electrons. The summed E-state index contributed by atoms with van der Waals surface area (Å²) in [5, 5.41) is 0.186. The van der Waals surface area contributed by atoms with Crippen LogP contribution in [0.15, 0.2) is 12.1 Å². The van der Waals surface area contributed by atoms with Gasteiger partial charge in [0.25, 0.3) is 0 Å². The Kier molecular flexibility index (Phi) is 5.22. The van der Waals surface area contributed by atoms with Crippen molar-refractivity contribution >= 4 is 14.6 Å². The van der Waals surface area contributed by atoms with Gasteiger partial charge >= 0.3 is 0 Å². The van der Waals surface area contributed by atoms with E-state index in [-0.39, 0.29) is 5.04 Å². The highest BCUT2D eigenvalue weighted by atomic mass is 28.4. The third-order valence-electron chi connectivity index (χ3n) is 5.80. The quantitative estimate of drug-likeness (QED) is 0.521. The standard InChI is InChI=1S/C20H32O2Si/c1-14-10-15(2)19-16(11-14)8-9-17(18(19)12-21)13-22-23(6,7)20(3,4)5/h8-9,12,14-15H,10-11,13H2,1-7H3/t14-,15+/m0/s1. The molecule has 0 unspecified atom stereocenters. The number of hydrogen-bond acceptors (Lipinski definition) is 2. The lowest BCUT2D eigenvalue weighted by atomic mass is 9.76. The fraction of sp³-hybridized carbons (Fsp3) is 0.650. The van der Waals surface area contributed by atoms with Crippen LogP contribution < -0.4 is 0 Å². The van der Waals surface area contributed by atoms with E-state index in [2.05, 4.69) is 59.8 Å². The molecule has 0 heterocycles. The minimum atomic E-state index is -1.80. The fourth-order valence-corrected chi connectivity index (χ4v) is 4.36. The molecule has 0 saturated heterocycles. The van der Waals surface area contributed by atoms with E-state index in [0.717, 1.165) is 23.8 Å². The second-order valence-corrected chi connectivity index (χ2v) is 13.6. The van der Waals surface area contributed by atoms with Crippen LogP contribution >= 0.6 is 0 Å². The van der Waals surface area contributed by atoms with Gasteiger partial charge in [-0.15, -0.1) is 0 Å². The molecule has 0 amide bonds. The number of hydrogen-bond donors (Lipinski definition) is 0. The van der Waals surface area contributed by atoms with Crippen LogP contribution in [0.2, 0.25) is 18.1 Å². The van der Waals surface area contributed by atoms with Gasteiger partial charge in [-0.1, -0.05) is 46.8 Å². The number of benzene rings is 1. The molecule has 1 aliphatic rings. The lowest BCUT2D eigenvalue weighted by Crippen LogP contribution is -2.40. The average Bonchev–Trinajstić information content (AvgIpc) is 2.43. The van der Waals surface area contributed by atoms with E-state index >= 15 is 0 Å². The van der Waals surface area contributed by atoms with E-state index < -0.39 is 8.32 Å². The third kappa shape index (κ3) is 3.77. The Labute approximate surface area is 142 Å². The Morgan fingerprint density at radius 2 is 1.91 bits per heavy atom. The van der Waals surface area contributed by atoms with Crippen LogP contribution in [0.5, 0.6) is 0 Å². The molecular formula is C20H32O2Si. The summed E-state index contributed by atoms with van der Waals surface area (Å²) in [6.07, 6.45) is 3.31. The minimum Gasteiger partial charge on any atom is -0.413 e. The van der Waals surface area contributed by atoms with Crippen LogP contribution in [0.1, 0.15) is 74.0 Å². The molecule has 0 spiro atoms. The van der Waals surface area contributed by atoms with Gasteiger partial charge in [0.05, 0.1) is 6.61 Å². The predicted molar refractivity (Wildman–Crippen MR) is 99.7 cm³/mol. The van der Waals surface area contributed by atoms with Gasteiger partial charge in [0, 0.05) is 5.56 Å². The van der Waals surface area contributed by atoms with Gasteiger partial charge in [0.2, 0.25) is 0 Å². The molecule has 2 rings (SSSR count). The lowest BCUT2D eigenvalue weighted by molar-refractivity contribution is 0.111. The zero-order valence-electron chi connectivity index (χ0n) is 15.8. The average molecular weight is 333 g/mol. The Bertz CT molecular complexity index is 584. The highest BCUT2D eigenvalue weighted by Gasteiger charge is 2.37. The Hall–Kier alpha value is -0.933. The highest BCUT2D eigenvalue weighted by Crippen LogP contribution is 2.39. The van der Waals surface area contributed by atoms with E-state index in [1.807, 2.05) is 0 Å². The Morgan fingerprint density at radius 3 is 2.48 bits per heavy atom. The number of aldehydes is 1. The van der Waals surface area contributed by atoms with E-state index in [1.165, 1.54) is 17.5 Å². The molecule has 1 aromatic carbocycles. The van der Waals surface area contributed by atoms with Crippen molar-refractivity contribution in [2.45, 2.75) is 78.1 Å². The third-order valence-corrected chi connectivity index (χ3v) is 10.3. The molecule has 2 nitrogen and oxygen atoms in total. The van der Waals surface area contributed by atoms with Crippen LogP contribution in [-0.4, -0.2) is 14.6 Å². The summed E-state index contributed by atoms with van der Waals surface area (Å²) in [6, 6.07) is 4.33. The largest absolute Gasteiger partial charge is 0.413 e. The first-order valence-electron chi connectivity index (χ1n) is 8.80. The van der Waals surface area contributed by atoms with E-state index in [4.69, 9.17) is 4.43 Å². The van der Waals surface area contributed by atoms with E-state index in [9.17, 15) is 4.79 Å². The summed E-state index contributed by atoms with van der Waals surface area (Å²) in [4.78, 5) is 11.8. The van der Waals surface area contributed by atoms with Gasteiger partial charge < -0.3 is 4.43 Å². The molecular weight excluding hydrogens is 300 g/mol. The van der Waals surface area contributed by atoms with Crippen molar-refractivity contribution in [3.8, 4) is 0 Å². The summed E-state index contributed by atoms with van der Waals surface area (Å²) in [5.74, 6) is 1.16. The molecule has 0 fully saturated rings. The van der Waals surface area contributed by atoms with Crippen LogP contribution in [0, 0.1) is 5.92 Å². The van der Waals surface area contributed by atoms with Crippen molar-refractivity contribution in [1.29, 1.82) is 0 Å². The zero-order chi connectivity index (χ0) is 17.4. The van der Waals surface area contributed by atoms with Crippen LogP contribution in [0.3, 0.4) is 0 Å². The maximum absolute atomic E-state index is 11.8. The molecule has 2 atom stereocenters. The molecule has 23 heavy (non-hydrogen) atoms. The Balaban J connectivity index is 2.31. The minimum absolute atomic E-state index is 0.186. The first-order valence-corrected chi connectivity index (χ1v) is 11.7. The lowest BCUT2D eigenvalue weighted by Gasteiger charge is -2.36. The molecule has 0 bridgehead atoms. The van der Waals surface area contributed by atoms with Crippen molar-refractivity contribution in [2.24, 2.45) is 5.92 Å². The second-order valence-electron chi connectivity index (χ2n) is 8.82. The fourth-order valence-electron chi connectivity index (χ4n) is 3.41. The normalized spacial score (nSPS) is 21.9. The van der Waals surface area contributed by atoms with Crippen LogP contribution in [0.25, 0.3) is 0 Å². The molecule has 0 saturated carbocycles. The number of carbonyl (C=O) groups excluding carboxylic acids is 1. The monoisotopic (exact) mass is 332 g/mol. The van der Waals surface area contributed by atoms with Gasteiger partial charge in [-0.05, 0) is 59.5 Å². The molecule has 0 aliphatic heterocycles. The number of fused-ring (bicyclic) bond motifs is 1. The number of carbonyl (C=O) groups is 1. The summed E-state index contributed by atoms with van der Waals surface area (Å²) in [5.41, 5.74) is 4.58. The van der Waals surface area contributed by atoms with E-state index in [0.29, 0.717) is 18.4 Å². The zero-order valence-corrected chi connectivity index (χ0v) is 16.8. The predicted octanol–water partition coefficient (Wildman–Crippen LogP) is 5.71. The topological polar surface area (TPSA) is 26.3 Å². The van der Waals surface area contributed by atoms with Crippen molar-refractivity contribution in [3.05, 3.63) is 34.4 Å². The molecule has 3 heteroatoms. The van der Waals surface area contributed by atoms with Gasteiger partial charge in [-0.2, -0.15) is 0 Å². The smallest absolute Gasteiger partial charge is 0.192 e. The maximum Gasteiger partial charge on any atom is 0.192 e. The summed E-state index contributed by atoms with van der Waals surface area (Å²) < 4.78 is 6.35. The van der Waals surface area contributed by atoms with Crippen molar-refractivity contribution in [2.75, 3.05) is 0 Å². The van der Waals surface area contributed by atoms with Crippen molar-refractivity contribution in [3.63, 3.8) is 0 Å². The second kappa shape index (κ2) is 6.52. The van der Waals surface area contributed by atoms with Crippen LogP contribution in [0.4, 0.5) is 0 Å². The van der Waals surface area contributed by atoms with E-state index in [1.54, 1.807) is 0 Å². The Morgan fingerprint density at radius 1 is 1.26 bits per heavy atom. The highest BCUT2D eigenvalue weighted by molar-refractivity contribution is 6.74. The van der Waals surface area contributed by atoms with Crippen LogP contribution in [-0.2, 0) is 17.5 Å². The first-order chi connectivity index (χ1) is 10.6. The molecule has 0 aromatic heterocycles. The summed E-state index contributed by atoms with van der Waals surface area (Å²) in [7, 11) is -1.80. The van der Waals surface area contributed by atoms with Gasteiger partial charge in [0.1, 0.15) is 0 Å². The van der Waals surface area contributed by atoms with Crippen molar-refractivity contribution < 1.29 is 9.22 Å². The van der Waals surface area contributed by atoms with Gasteiger partial charge in [-0.3, -0.25) is 4.79 Å². The molecule has 128 valence electrons. The number of rotatable bonds is 4. The molecule has 1 aromatic rings. The first kappa shape index (κ1) is 18.4. The molecule has 1 aliphatic carbocycles. The summed E-state index contributed by atoms with van der Waals surface area (Å²) >= 11 is 0. The van der Waals surface area contributed by atoms with Gasteiger partial charge in [0.15, 0.2) is 14.6 Å².